The minimum Gasteiger partial charge on any atom is -0.507 e. The summed E-state index contributed by atoms with van der Waals surface area (Å²) in [5.41, 5.74) is 6.35. The molecule has 1 aliphatic rings. The Kier molecular flexibility index (Phi) is 5.66. The molecule has 0 radical (unpaired) electrons. The first-order valence-corrected chi connectivity index (χ1v) is 7.82. The molecule has 0 heterocycles. The van der Waals surface area contributed by atoms with Crippen molar-refractivity contribution < 1.29 is 14.7 Å². The van der Waals surface area contributed by atoms with Crippen LogP contribution in [0.5, 0.6) is 5.75 Å². The van der Waals surface area contributed by atoms with Crippen LogP contribution < -0.4 is 5.73 Å². The molecule has 0 aliphatic heterocycles. The molecule has 0 unspecified atom stereocenters. The lowest BCUT2D eigenvalue weighted by atomic mass is 9.84. The number of ketones is 2. The number of aromatic hydroxyl groups is 1. The van der Waals surface area contributed by atoms with Crippen LogP contribution in [0.15, 0.2) is 42.5 Å². The van der Waals surface area contributed by atoms with Crippen LogP contribution in [-0.2, 0) is 0 Å². The van der Waals surface area contributed by atoms with Crippen LogP contribution in [0.3, 0.4) is 0 Å². The molecule has 0 amide bonds. The summed E-state index contributed by atoms with van der Waals surface area (Å²) in [6, 6.07) is 11.2. The van der Waals surface area contributed by atoms with E-state index in [1.165, 1.54) is 25.3 Å². The summed E-state index contributed by atoms with van der Waals surface area (Å²) in [5, 5.41) is 9.70. The number of nitrogens with two attached hydrogens (primary N) is 1. The fourth-order valence-corrected chi connectivity index (χ4v) is 2.52. The molecule has 3 rings (SSSR count). The van der Waals surface area contributed by atoms with Crippen molar-refractivity contribution in [2.45, 2.75) is 26.2 Å². The predicted molar refractivity (Wildman–Crippen MR) is 90.0 cm³/mol. The molecule has 0 atom stereocenters. The fourth-order valence-electron chi connectivity index (χ4n) is 2.52. The first-order valence-electron chi connectivity index (χ1n) is 7.82. The maximum atomic E-state index is 12.2. The minimum absolute atomic E-state index is 0.108. The number of fused-ring (bicyclic) bond motifs is 2. The van der Waals surface area contributed by atoms with Crippen LogP contribution in [0, 0.1) is 0 Å². The molecule has 0 saturated carbocycles. The van der Waals surface area contributed by atoms with Gasteiger partial charge in [-0.1, -0.05) is 56.2 Å². The van der Waals surface area contributed by atoms with Crippen LogP contribution in [-0.4, -0.2) is 23.2 Å². The van der Waals surface area contributed by atoms with Gasteiger partial charge in [0.15, 0.2) is 11.6 Å². The van der Waals surface area contributed by atoms with Gasteiger partial charge in [0.25, 0.3) is 0 Å². The second kappa shape index (κ2) is 7.70. The lowest BCUT2D eigenvalue weighted by molar-refractivity contribution is 0.0976. The lowest BCUT2D eigenvalue weighted by Gasteiger charge is -2.17. The Morgan fingerprint density at radius 1 is 0.870 bits per heavy atom. The smallest absolute Gasteiger partial charge is 0.198 e. The largest absolute Gasteiger partial charge is 0.507 e. The number of unbranched alkanes of at least 4 members (excludes halogenated alkanes) is 2. The van der Waals surface area contributed by atoms with Gasteiger partial charge in [-0.25, -0.2) is 0 Å². The van der Waals surface area contributed by atoms with Crippen molar-refractivity contribution in [1.82, 2.24) is 0 Å². The van der Waals surface area contributed by atoms with Crippen molar-refractivity contribution in [2.75, 3.05) is 6.54 Å². The minimum atomic E-state index is -0.298. The Bertz CT molecular complexity index is 718. The van der Waals surface area contributed by atoms with Gasteiger partial charge < -0.3 is 10.8 Å². The van der Waals surface area contributed by atoms with E-state index in [2.05, 4.69) is 6.92 Å². The molecule has 2 aromatic rings. The third-order valence-corrected chi connectivity index (χ3v) is 3.74. The Balaban J connectivity index is 0.000000277. The first-order chi connectivity index (χ1) is 11.1. The van der Waals surface area contributed by atoms with E-state index >= 15 is 0 Å². The summed E-state index contributed by atoms with van der Waals surface area (Å²) < 4.78 is 0. The quantitative estimate of drug-likeness (QED) is 0.727. The standard InChI is InChI=1S/C14H8O3.C5H13N/c15-11-7-3-6-10-12(11)14(17)9-5-2-1-4-8(9)13(10)16;1-2-3-4-5-6/h1-7,15H;2-6H2,1H3. The van der Waals surface area contributed by atoms with Crippen molar-refractivity contribution in [3.05, 3.63) is 64.7 Å². The van der Waals surface area contributed by atoms with E-state index in [1.807, 2.05) is 0 Å². The molecule has 23 heavy (non-hydrogen) atoms. The SMILES string of the molecule is CCCCCN.O=C1c2ccccc2C(=O)c2c(O)cccc21. The van der Waals surface area contributed by atoms with E-state index < -0.39 is 0 Å². The van der Waals surface area contributed by atoms with E-state index in [0.29, 0.717) is 11.1 Å². The zero-order valence-electron chi connectivity index (χ0n) is 13.2. The maximum Gasteiger partial charge on any atom is 0.198 e. The van der Waals surface area contributed by atoms with Gasteiger partial charge in [-0.2, -0.15) is 0 Å². The summed E-state index contributed by atoms with van der Waals surface area (Å²) in [5.74, 6) is -0.658. The van der Waals surface area contributed by atoms with Crippen LogP contribution >= 0.6 is 0 Å². The lowest BCUT2D eigenvalue weighted by Crippen LogP contribution is -2.20. The van der Waals surface area contributed by atoms with Crippen molar-refractivity contribution >= 4 is 11.6 Å². The second-order valence-electron chi connectivity index (χ2n) is 5.40. The third-order valence-electron chi connectivity index (χ3n) is 3.74. The average Bonchev–Trinajstić information content (AvgIpc) is 2.58. The van der Waals surface area contributed by atoms with Crippen LogP contribution in [0.1, 0.15) is 58.0 Å². The fraction of sp³-hybridized carbons (Fsp3) is 0.263. The number of phenolic OH excluding ortho intramolecular Hbond substituents is 1. The number of hydrogen-bond acceptors (Lipinski definition) is 4. The van der Waals surface area contributed by atoms with E-state index in [-0.39, 0.29) is 28.4 Å². The van der Waals surface area contributed by atoms with Crippen molar-refractivity contribution in [3.63, 3.8) is 0 Å². The Hall–Kier alpha value is -2.46. The van der Waals surface area contributed by atoms with Crippen molar-refractivity contribution in [2.24, 2.45) is 5.73 Å². The average molecular weight is 311 g/mol. The van der Waals surface area contributed by atoms with Crippen molar-refractivity contribution in [1.29, 1.82) is 0 Å². The zero-order valence-corrected chi connectivity index (χ0v) is 13.2. The van der Waals surface area contributed by atoms with Gasteiger partial charge in [-0.3, -0.25) is 9.59 Å². The van der Waals surface area contributed by atoms with Gasteiger partial charge in [0.1, 0.15) is 5.75 Å². The summed E-state index contributed by atoms with van der Waals surface area (Å²) in [6.45, 7) is 3.03. The molecule has 0 bridgehead atoms. The van der Waals surface area contributed by atoms with Gasteiger partial charge >= 0.3 is 0 Å². The predicted octanol–water partition coefficient (Wildman–Crippen LogP) is 3.30. The number of carbonyl (C=O) groups is 2. The Morgan fingerprint density at radius 2 is 1.48 bits per heavy atom. The van der Waals surface area contributed by atoms with E-state index in [9.17, 15) is 14.7 Å². The highest BCUT2D eigenvalue weighted by molar-refractivity contribution is 6.29. The normalized spacial score (nSPS) is 12.1. The topological polar surface area (TPSA) is 80.4 Å². The highest BCUT2D eigenvalue weighted by Gasteiger charge is 2.31. The van der Waals surface area contributed by atoms with Crippen molar-refractivity contribution in [3.8, 4) is 5.75 Å². The van der Waals surface area contributed by atoms with Gasteiger partial charge in [0.2, 0.25) is 0 Å². The van der Waals surface area contributed by atoms with Gasteiger partial charge in [-0.05, 0) is 19.0 Å². The van der Waals surface area contributed by atoms with E-state index in [4.69, 9.17) is 5.73 Å². The Morgan fingerprint density at radius 3 is 2.04 bits per heavy atom. The highest BCUT2D eigenvalue weighted by atomic mass is 16.3. The molecule has 1 aliphatic carbocycles. The molecule has 120 valence electrons. The second-order valence-corrected chi connectivity index (χ2v) is 5.40. The maximum absolute atomic E-state index is 12.2. The number of rotatable bonds is 3. The molecule has 3 N–H and O–H groups in total. The highest BCUT2D eigenvalue weighted by Crippen LogP contribution is 2.32. The summed E-state index contributed by atoms with van der Waals surface area (Å²) in [6.07, 6.45) is 3.75. The molecule has 4 nitrogen and oxygen atoms in total. The van der Waals surface area contributed by atoms with Gasteiger partial charge in [0.05, 0.1) is 5.56 Å². The molecule has 0 spiro atoms. The molecule has 4 heteroatoms. The zero-order chi connectivity index (χ0) is 16.8. The number of carbonyl (C=O) groups excluding carboxylic acids is 2. The summed E-state index contributed by atoms with van der Waals surface area (Å²) in [4.78, 5) is 24.3. The Labute approximate surface area is 136 Å². The molecule has 0 saturated heterocycles. The van der Waals surface area contributed by atoms with Gasteiger partial charge in [-0.15, -0.1) is 0 Å². The molecule has 0 fully saturated rings. The van der Waals surface area contributed by atoms with E-state index in [1.54, 1.807) is 36.4 Å². The van der Waals surface area contributed by atoms with E-state index in [0.717, 1.165) is 6.54 Å². The molecule has 2 aromatic carbocycles. The van der Waals surface area contributed by atoms with Crippen LogP contribution in [0.4, 0.5) is 0 Å². The summed E-state index contributed by atoms with van der Waals surface area (Å²) >= 11 is 0. The third kappa shape index (κ3) is 3.48. The number of hydrogen-bond donors (Lipinski definition) is 2. The summed E-state index contributed by atoms with van der Waals surface area (Å²) in [7, 11) is 0. The molecular formula is C19H21NO3. The van der Waals surface area contributed by atoms with Crippen LogP contribution in [0.25, 0.3) is 0 Å². The molecular weight excluding hydrogens is 290 g/mol. The monoisotopic (exact) mass is 311 g/mol. The van der Waals surface area contributed by atoms with Crippen LogP contribution in [0.2, 0.25) is 0 Å². The molecule has 0 aromatic heterocycles. The van der Waals surface area contributed by atoms with Gasteiger partial charge in [0, 0.05) is 16.7 Å². The number of phenols is 1. The first kappa shape index (κ1) is 16.9. The number of benzene rings is 2.